The lowest BCUT2D eigenvalue weighted by atomic mass is 10.1. The summed E-state index contributed by atoms with van der Waals surface area (Å²) < 4.78 is 11.8. The Morgan fingerprint density at radius 1 is 1.50 bits per heavy atom. The maximum Gasteiger partial charge on any atom is 0.0906 e. The van der Waals surface area contributed by atoms with Gasteiger partial charge in [-0.15, -0.1) is 12.4 Å². The van der Waals surface area contributed by atoms with Crippen LogP contribution in [0.5, 0.6) is 0 Å². The fourth-order valence-electron chi connectivity index (χ4n) is 1.56. The summed E-state index contributed by atoms with van der Waals surface area (Å²) in [6, 6.07) is 0.301. The summed E-state index contributed by atoms with van der Waals surface area (Å²) in [4.78, 5) is 2.24. The monoisotopic (exact) mass is 196 g/mol. The van der Waals surface area contributed by atoms with Crippen LogP contribution in [0.3, 0.4) is 0 Å². The third-order valence-corrected chi connectivity index (χ3v) is 2.35. The summed E-state index contributed by atoms with van der Waals surface area (Å²) in [5, 5.41) is 0. The molecule has 12 heavy (non-hydrogen) atoms. The van der Waals surface area contributed by atoms with Gasteiger partial charge in [-0.3, -0.25) is 4.39 Å². The quantitative estimate of drug-likeness (QED) is 0.731. The molecule has 0 aromatic rings. The molecule has 0 bridgehead atoms. The molecular weight excluding hydrogens is 179 g/mol. The average Bonchev–Trinajstić information content (AvgIpc) is 2.28. The smallest absolute Gasteiger partial charge is 0.0906 e. The maximum absolute atomic E-state index is 11.8. The van der Waals surface area contributed by atoms with Crippen LogP contribution in [0.2, 0.25) is 0 Å². The molecule has 1 rings (SSSR count). The molecule has 1 aliphatic rings. The zero-order chi connectivity index (χ0) is 8.27. The Hall–Kier alpha value is 0.140. The van der Waals surface area contributed by atoms with Crippen molar-refractivity contribution in [3.05, 3.63) is 0 Å². The molecule has 4 heteroatoms. The maximum atomic E-state index is 11.8. The van der Waals surface area contributed by atoms with Crippen LogP contribution >= 0.6 is 12.4 Å². The Kier molecular flexibility index (Phi) is 5.80. The molecular formula is C8H18ClFN2. The van der Waals surface area contributed by atoms with Crippen molar-refractivity contribution in [3.8, 4) is 0 Å². The highest BCUT2D eigenvalue weighted by Gasteiger charge is 2.25. The van der Waals surface area contributed by atoms with Gasteiger partial charge in [-0.05, 0) is 12.3 Å². The number of hydrogen-bond acceptors (Lipinski definition) is 2. The number of nitrogens with two attached hydrogens (primary N) is 1. The lowest BCUT2D eigenvalue weighted by Crippen LogP contribution is -2.29. The largest absolute Gasteiger partial charge is 0.326 e. The van der Waals surface area contributed by atoms with Gasteiger partial charge < -0.3 is 10.6 Å². The van der Waals surface area contributed by atoms with Gasteiger partial charge in [0.2, 0.25) is 0 Å². The van der Waals surface area contributed by atoms with Crippen LogP contribution in [0.15, 0.2) is 0 Å². The first-order chi connectivity index (χ1) is 5.24. The minimum Gasteiger partial charge on any atom is -0.326 e. The molecule has 0 aromatic heterocycles. The molecule has 2 atom stereocenters. The van der Waals surface area contributed by atoms with E-state index in [0.717, 1.165) is 19.6 Å². The molecule has 0 spiro atoms. The summed E-state index contributed by atoms with van der Waals surface area (Å²) >= 11 is 0. The van der Waals surface area contributed by atoms with Gasteiger partial charge in [-0.1, -0.05) is 6.92 Å². The fraction of sp³-hybridized carbons (Fsp3) is 1.00. The predicted molar refractivity (Wildman–Crippen MR) is 51.4 cm³/mol. The molecule has 0 unspecified atom stereocenters. The molecule has 1 fully saturated rings. The van der Waals surface area contributed by atoms with E-state index in [9.17, 15) is 4.39 Å². The Morgan fingerprint density at radius 3 is 2.58 bits per heavy atom. The van der Waals surface area contributed by atoms with E-state index in [2.05, 4.69) is 11.8 Å². The minimum atomic E-state index is -0.208. The van der Waals surface area contributed by atoms with Crippen LogP contribution in [0.1, 0.15) is 13.3 Å². The van der Waals surface area contributed by atoms with Crippen molar-refractivity contribution in [1.29, 1.82) is 0 Å². The number of likely N-dealkylation sites (tertiary alicyclic amines) is 1. The molecule has 0 radical (unpaired) electrons. The molecule has 1 aliphatic heterocycles. The standard InChI is InChI=1S/C8H17FN2.ClH/c1-7-5-11(4-2-3-9)6-8(7)10;/h7-8H,2-6,10H2,1H3;1H/t7-,8-;/m1./s1. The molecule has 0 aliphatic carbocycles. The van der Waals surface area contributed by atoms with Gasteiger partial charge in [-0.25, -0.2) is 0 Å². The lowest BCUT2D eigenvalue weighted by molar-refractivity contribution is 0.303. The normalized spacial score (nSPS) is 30.2. The van der Waals surface area contributed by atoms with E-state index in [0.29, 0.717) is 18.4 Å². The number of alkyl halides is 1. The second kappa shape index (κ2) is 5.73. The van der Waals surface area contributed by atoms with E-state index < -0.39 is 0 Å². The topological polar surface area (TPSA) is 29.3 Å². The molecule has 1 saturated heterocycles. The van der Waals surface area contributed by atoms with Gasteiger partial charge >= 0.3 is 0 Å². The molecule has 2 N–H and O–H groups in total. The van der Waals surface area contributed by atoms with E-state index in [1.54, 1.807) is 0 Å². The van der Waals surface area contributed by atoms with Crippen molar-refractivity contribution in [2.45, 2.75) is 19.4 Å². The van der Waals surface area contributed by atoms with Crippen LogP contribution in [-0.2, 0) is 0 Å². The van der Waals surface area contributed by atoms with Crippen molar-refractivity contribution in [2.75, 3.05) is 26.3 Å². The molecule has 2 nitrogen and oxygen atoms in total. The summed E-state index contributed by atoms with van der Waals surface area (Å²) in [5.74, 6) is 0.578. The fourth-order valence-corrected chi connectivity index (χ4v) is 1.56. The highest BCUT2D eigenvalue weighted by molar-refractivity contribution is 5.85. The molecule has 0 saturated carbocycles. The van der Waals surface area contributed by atoms with Crippen molar-refractivity contribution >= 4 is 12.4 Å². The third kappa shape index (κ3) is 3.25. The van der Waals surface area contributed by atoms with Crippen LogP contribution < -0.4 is 5.73 Å². The zero-order valence-corrected chi connectivity index (χ0v) is 8.32. The molecule has 0 aromatic carbocycles. The van der Waals surface area contributed by atoms with Crippen LogP contribution in [0.4, 0.5) is 4.39 Å². The van der Waals surface area contributed by atoms with Crippen molar-refractivity contribution in [3.63, 3.8) is 0 Å². The van der Waals surface area contributed by atoms with E-state index in [1.807, 2.05) is 0 Å². The highest BCUT2D eigenvalue weighted by atomic mass is 35.5. The minimum absolute atomic E-state index is 0. The van der Waals surface area contributed by atoms with E-state index in [-0.39, 0.29) is 19.1 Å². The second-order valence-electron chi connectivity index (χ2n) is 3.44. The number of rotatable bonds is 3. The Balaban J connectivity index is 0.00000121. The number of nitrogens with zero attached hydrogens (tertiary/aromatic N) is 1. The lowest BCUT2D eigenvalue weighted by Gasteiger charge is -2.12. The molecule has 74 valence electrons. The molecule has 1 heterocycles. The SMILES string of the molecule is C[C@@H]1CN(CCCF)C[C@H]1N.Cl. The first-order valence-electron chi connectivity index (χ1n) is 4.28. The first kappa shape index (κ1) is 12.1. The van der Waals surface area contributed by atoms with Gasteiger partial charge in [0.25, 0.3) is 0 Å². The average molecular weight is 197 g/mol. The van der Waals surface area contributed by atoms with E-state index in [4.69, 9.17) is 5.73 Å². The van der Waals surface area contributed by atoms with Crippen LogP contribution in [-0.4, -0.2) is 37.3 Å². The second-order valence-corrected chi connectivity index (χ2v) is 3.44. The van der Waals surface area contributed by atoms with E-state index >= 15 is 0 Å². The van der Waals surface area contributed by atoms with Crippen LogP contribution in [0.25, 0.3) is 0 Å². The zero-order valence-electron chi connectivity index (χ0n) is 7.50. The van der Waals surface area contributed by atoms with Gasteiger partial charge in [0, 0.05) is 25.7 Å². The summed E-state index contributed by atoms with van der Waals surface area (Å²) in [6.07, 6.45) is 0.652. The van der Waals surface area contributed by atoms with Gasteiger partial charge in [0.1, 0.15) is 0 Å². The third-order valence-electron chi connectivity index (χ3n) is 2.35. The van der Waals surface area contributed by atoms with Crippen molar-refractivity contribution < 1.29 is 4.39 Å². The van der Waals surface area contributed by atoms with Crippen LogP contribution in [0, 0.1) is 5.92 Å². The van der Waals surface area contributed by atoms with Crippen molar-refractivity contribution in [2.24, 2.45) is 11.7 Å². The van der Waals surface area contributed by atoms with Gasteiger partial charge in [0.15, 0.2) is 0 Å². The number of halogens is 2. The van der Waals surface area contributed by atoms with Gasteiger partial charge in [-0.2, -0.15) is 0 Å². The first-order valence-corrected chi connectivity index (χ1v) is 4.28. The Morgan fingerprint density at radius 2 is 2.17 bits per heavy atom. The summed E-state index contributed by atoms with van der Waals surface area (Å²) in [5.41, 5.74) is 5.80. The number of hydrogen-bond donors (Lipinski definition) is 1. The van der Waals surface area contributed by atoms with Crippen molar-refractivity contribution in [1.82, 2.24) is 4.90 Å². The molecule has 0 amide bonds. The summed E-state index contributed by atoms with van der Waals surface area (Å²) in [6.45, 7) is 4.80. The Labute approximate surface area is 79.7 Å². The Bertz CT molecular complexity index is 114. The summed E-state index contributed by atoms with van der Waals surface area (Å²) in [7, 11) is 0. The predicted octanol–water partition coefficient (Wildman–Crippen LogP) is 1.05. The van der Waals surface area contributed by atoms with Gasteiger partial charge in [0.05, 0.1) is 6.67 Å². The van der Waals surface area contributed by atoms with E-state index in [1.165, 1.54) is 0 Å². The highest BCUT2D eigenvalue weighted by Crippen LogP contribution is 2.13.